The van der Waals surface area contributed by atoms with Gasteiger partial charge in [-0.25, -0.2) is 4.98 Å². The summed E-state index contributed by atoms with van der Waals surface area (Å²) in [6, 6.07) is 1.71. The SMILES string of the molecule is Cn1cc(C2CN(c3ncc(Cl)cc3Cl)CCO2)cn1. The van der Waals surface area contributed by atoms with E-state index in [9.17, 15) is 0 Å². The minimum Gasteiger partial charge on any atom is -0.370 e. The Morgan fingerprint density at radius 2 is 2.20 bits per heavy atom. The van der Waals surface area contributed by atoms with Gasteiger partial charge in [0.05, 0.1) is 29.4 Å². The molecule has 1 atom stereocenters. The van der Waals surface area contributed by atoms with Crippen LogP contribution in [0.4, 0.5) is 5.82 Å². The summed E-state index contributed by atoms with van der Waals surface area (Å²) in [4.78, 5) is 6.43. The third-order valence-corrected chi connectivity index (χ3v) is 3.74. The van der Waals surface area contributed by atoms with Gasteiger partial charge >= 0.3 is 0 Å². The summed E-state index contributed by atoms with van der Waals surface area (Å²) >= 11 is 12.1. The largest absolute Gasteiger partial charge is 0.370 e. The molecule has 0 aromatic carbocycles. The predicted molar refractivity (Wildman–Crippen MR) is 78.4 cm³/mol. The molecule has 1 saturated heterocycles. The highest BCUT2D eigenvalue weighted by atomic mass is 35.5. The van der Waals surface area contributed by atoms with E-state index in [-0.39, 0.29) is 6.10 Å². The summed E-state index contributed by atoms with van der Waals surface area (Å²) in [5, 5.41) is 5.28. The second-order valence-corrected chi connectivity index (χ2v) is 5.56. The molecule has 1 unspecified atom stereocenters. The molecule has 1 aliphatic heterocycles. The third-order valence-electron chi connectivity index (χ3n) is 3.25. The molecule has 0 spiro atoms. The zero-order valence-corrected chi connectivity index (χ0v) is 12.5. The van der Waals surface area contributed by atoms with Gasteiger partial charge in [0.2, 0.25) is 0 Å². The number of morpholine rings is 1. The number of hydrogen-bond acceptors (Lipinski definition) is 4. The molecule has 5 nitrogen and oxygen atoms in total. The molecule has 0 N–H and O–H groups in total. The number of halogens is 2. The van der Waals surface area contributed by atoms with E-state index in [4.69, 9.17) is 27.9 Å². The van der Waals surface area contributed by atoms with Crippen LogP contribution in [0, 0.1) is 0 Å². The average molecular weight is 313 g/mol. The Labute approximate surface area is 127 Å². The van der Waals surface area contributed by atoms with Crippen molar-refractivity contribution in [3.05, 3.63) is 40.3 Å². The van der Waals surface area contributed by atoms with Gasteiger partial charge in [0.25, 0.3) is 0 Å². The van der Waals surface area contributed by atoms with Gasteiger partial charge in [-0.1, -0.05) is 23.2 Å². The highest BCUT2D eigenvalue weighted by molar-refractivity contribution is 6.36. The van der Waals surface area contributed by atoms with Crippen LogP contribution >= 0.6 is 23.2 Å². The Bertz CT molecular complexity index is 616. The minimum absolute atomic E-state index is 0.0222. The Morgan fingerprint density at radius 3 is 2.90 bits per heavy atom. The number of nitrogens with zero attached hydrogens (tertiary/aromatic N) is 4. The van der Waals surface area contributed by atoms with Crippen LogP contribution < -0.4 is 4.90 Å². The second kappa shape index (κ2) is 5.60. The van der Waals surface area contributed by atoms with Crippen LogP contribution in [0.15, 0.2) is 24.7 Å². The molecule has 0 radical (unpaired) electrons. The highest BCUT2D eigenvalue weighted by Gasteiger charge is 2.25. The number of rotatable bonds is 2. The molecule has 106 valence electrons. The molecule has 2 aromatic heterocycles. The molecule has 0 aliphatic carbocycles. The van der Waals surface area contributed by atoms with E-state index >= 15 is 0 Å². The Balaban J connectivity index is 1.81. The zero-order chi connectivity index (χ0) is 14.1. The first-order valence-electron chi connectivity index (χ1n) is 6.29. The predicted octanol–water partition coefficient (Wildman–Crippen LogP) is 2.70. The fourth-order valence-electron chi connectivity index (χ4n) is 2.29. The fraction of sp³-hybridized carbons (Fsp3) is 0.385. The standard InChI is InChI=1S/C13H14Cl2N4O/c1-18-7-9(5-17-18)12-8-19(2-3-20-12)13-11(15)4-10(14)6-16-13/h4-7,12H,2-3,8H2,1H3. The van der Waals surface area contributed by atoms with Crippen LogP contribution in [-0.2, 0) is 11.8 Å². The van der Waals surface area contributed by atoms with Crippen LogP contribution in [0.25, 0.3) is 0 Å². The van der Waals surface area contributed by atoms with Crippen LogP contribution in [0.1, 0.15) is 11.7 Å². The van der Waals surface area contributed by atoms with Crippen molar-refractivity contribution in [2.24, 2.45) is 7.05 Å². The first-order valence-corrected chi connectivity index (χ1v) is 7.05. The molecular formula is C13H14Cl2N4O. The molecule has 3 heterocycles. The van der Waals surface area contributed by atoms with Crippen LogP contribution in [0.3, 0.4) is 0 Å². The first kappa shape index (κ1) is 13.7. The van der Waals surface area contributed by atoms with E-state index in [0.29, 0.717) is 23.2 Å². The van der Waals surface area contributed by atoms with E-state index in [0.717, 1.165) is 17.9 Å². The number of aryl methyl sites for hydroxylation is 1. The summed E-state index contributed by atoms with van der Waals surface area (Å²) in [6.45, 7) is 2.07. The maximum atomic E-state index is 6.21. The third kappa shape index (κ3) is 2.75. The number of aromatic nitrogens is 3. The van der Waals surface area contributed by atoms with Crippen molar-refractivity contribution in [1.29, 1.82) is 0 Å². The molecule has 0 saturated carbocycles. The maximum absolute atomic E-state index is 6.21. The lowest BCUT2D eigenvalue weighted by atomic mass is 10.1. The van der Waals surface area contributed by atoms with E-state index in [1.165, 1.54) is 0 Å². The van der Waals surface area contributed by atoms with Crippen molar-refractivity contribution in [3.63, 3.8) is 0 Å². The van der Waals surface area contributed by atoms with Crippen molar-refractivity contribution in [1.82, 2.24) is 14.8 Å². The Hall–Kier alpha value is -1.30. The van der Waals surface area contributed by atoms with E-state index < -0.39 is 0 Å². The van der Waals surface area contributed by atoms with Crippen molar-refractivity contribution >= 4 is 29.0 Å². The summed E-state index contributed by atoms with van der Waals surface area (Å²) < 4.78 is 7.57. The zero-order valence-electron chi connectivity index (χ0n) is 11.0. The van der Waals surface area contributed by atoms with Crippen molar-refractivity contribution in [2.45, 2.75) is 6.10 Å². The molecule has 1 aliphatic rings. The lowest BCUT2D eigenvalue weighted by Crippen LogP contribution is -2.38. The Morgan fingerprint density at radius 1 is 1.35 bits per heavy atom. The maximum Gasteiger partial charge on any atom is 0.147 e. The Kier molecular flexibility index (Phi) is 3.83. The van der Waals surface area contributed by atoms with Crippen molar-refractivity contribution in [3.8, 4) is 0 Å². The lowest BCUT2D eigenvalue weighted by Gasteiger charge is -2.33. The van der Waals surface area contributed by atoms with Gasteiger partial charge in [-0.2, -0.15) is 5.10 Å². The van der Waals surface area contributed by atoms with Gasteiger partial charge in [-0.3, -0.25) is 4.68 Å². The first-order chi connectivity index (χ1) is 9.63. The monoisotopic (exact) mass is 312 g/mol. The molecule has 20 heavy (non-hydrogen) atoms. The van der Waals surface area contributed by atoms with Gasteiger partial charge < -0.3 is 9.64 Å². The van der Waals surface area contributed by atoms with Crippen molar-refractivity contribution in [2.75, 3.05) is 24.6 Å². The van der Waals surface area contributed by atoms with E-state index in [1.807, 2.05) is 19.4 Å². The van der Waals surface area contributed by atoms with Gasteiger partial charge in [0.15, 0.2) is 0 Å². The quantitative estimate of drug-likeness (QED) is 0.855. The lowest BCUT2D eigenvalue weighted by molar-refractivity contribution is 0.0395. The number of hydrogen-bond donors (Lipinski definition) is 0. The normalized spacial score (nSPS) is 19.4. The van der Waals surface area contributed by atoms with Gasteiger partial charge in [0, 0.05) is 31.5 Å². The summed E-state index contributed by atoms with van der Waals surface area (Å²) in [5.74, 6) is 0.744. The second-order valence-electron chi connectivity index (χ2n) is 4.71. The topological polar surface area (TPSA) is 43.2 Å². The molecule has 1 fully saturated rings. The van der Waals surface area contributed by atoms with Crippen LogP contribution in [0.2, 0.25) is 10.0 Å². The molecular weight excluding hydrogens is 299 g/mol. The number of pyridine rings is 1. The fourth-order valence-corrected chi connectivity index (χ4v) is 2.79. The molecule has 3 rings (SSSR count). The van der Waals surface area contributed by atoms with Gasteiger partial charge in [-0.15, -0.1) is 0 Å². The highest BCUT2D eigenvalue weighted by Crippen LogP contribution is 2.30. The summed E-state index contributed by atoms with van der Waals surface area (Å²) in [5.41, 5.74) is 1.06. The number of anilines is 1. The van der Waals surface area contributed by atoms with E-state index in [1.54, 1.807) is 16.9 Å². The molecule has 7 heteroatoms. The smallest absolute Gasteiger partial charge is 0.147 e. The van der Waals surface area contributed by atoms with Gasteiger partial charge in [-0.05, 0) is 6.07 Å². The van der Waals surface area contributed by atoms with Crippen molar-refractivity contribution < 1.29 is 4.74 Å². The number of ether oxygens (including phenoxy) is 1. The van der Waals surface area contributed by atoms with Crippen LogP contribution in [0.5, 0.6) is 0 Å². The molecule has 2 aromatic rings. The van der Waals surface area contributed by atoms with Gasteiger partial charge in [0.1, 0.15) is 11.9 Å². The minimum atomic E-state index is -0.0222. The van der Waals surface area contributed by atoms with Crippen LogP contribution in [-0.4, -0.2) is 34.5 Å². The molecule has 0 amide bonds. The summed E-state index contributed by atoms with van der Waals surface area (Å²) in [6.07, 6.45) is 5.37. The average Bonchev–Trinajstić information content (AvgIpc) is 2.86. The molecule has 0 bridgehead atoms. The summed E-state index contributed by atoms with van der Waals surface area (Å²) in [7, 11) is 1.89. The van der Waals surface area contributed by atoms with E-state index in [2.05, 4.69) is 15.0 Å².